The molecule has 0 saturated carbocycles. The van der Waals surface area contributed by atoms with Crippen molar-refractivity contribution >= 4 is 28.2 Å². The molecule has 5 heterocycles. The van der Waals surface area contributed by atoms with Crippen molar-refractivity contribution < 1.29 is 9.53 Å². The second-order valence-corrected chi connectivity index (χ2v) is 9.67. The summed E-state index contributed by atoms with van der Waals surface area (Å²) in [6.07, 6.45) is 12.4. The van der Waals surface area contributed by atoms with Crippen LogP contribution in [0.5, 0.6) is 0 Å². The first-order chi connectivity index (χ1) is 17.6. The molecule has 0 spiro atoms. The zero-order valence-electron chi connectivity index (χ0n) is 20.6. The van der Waals surface area contributed by atoms with Crippen molar-refractivity contribution in [3.63, 3.8) is 0 Å². The fourth-order valence-corrected chi connectivity index (χ4v) is 5.15. The molecule has 1 N–H and O–H groups in total. The van der Waals surface area contributed by atoms with Gasteiger partial charge in [-0.2, -0.15) is 10.2 Å². The van der Waals surface area contributed by atoms with E-state index in [9.17, 15) is 4.79 Å². The highest BCUT2D eigenvalue weighted by atomic mass is 16.5. The fourth-order valence-electron chi connectivity index (χ4n) is 5.15. The number of piperidine rings is 1. The Balaban J connectivity index is 1.27. The van der Waals surface area contributed by atoms with Gasteiger partial charge in [0, 0.05) is 50.1 Å². The highest BCUT2D eigenvalue weighted by Crippen LogP contribution is 2.33. The van der Waals surface area contributed by atoms with E-state index in [4.69, 9.17) is 4.74 Å². The number of amides is 1. The topological polar surface area (TPSA) is 90.1 Å². The van der Waals surface area contributed by atoms with Gasteiger partial charge in [0.25, 0.3) is 5.91 Å². The molecule has 2 fully saturated rings. The molecule has 4 aromatic rings. The highest BCUT2D eigenvalue weighted by molar-refractivity contribution is 6.06. The molecule has 186 valence electrons. The number of hydrogen-bond acceptors (Lipinski definition) is 6. The van der Waals surface area contributed by atoms with E-state index in [0.29, 0.717) is 11.4 Å². The minimum atomic E-state index is -0.235. The molecule has 6 rings (SSSR count). The monoisotopic (exact) mass is 485 g/mol. The summed E-state index contributed by atoms with van der Waals surface area (Å²) >= 11 is 0. The van der Waals surface area contributed by atoms with Gasteiger partial charge in [0.1, 0.15) is 11.9 Å². The van der Waals surface area contributed by atoms with Gasteiger partial charge >= 0.3 is 0 Å². The van der Waals surface area contributed by atoms with Crippen LogP contribution in [0.4, 0.5) is 11.4 Å². The van der Waals surface area contributed by atoms with Crippen molar-refractivity contribution in [3.05, 3.63) is 54.6 Å². The minimum absolute atomic E-state index is 0.0328. The third-order valence-corrected chi connectivity index (χ3v) is 7.01. The summed E-state index contributed by atoms with van der Waals surface area (Å²) in [5.74, 6) is -0.235. The van der Waals surface area contributed by atoms with Crippen LogP contribution in [0.25, 0.3) is 22.2 Å². The molecule has 2 aliphatic heterocycles. The predicted octanol–water partition coefficient (Wildman–Crippen LogP) is 4.77. The Labute approximate surface area is 210 Å². The number of nitrogens with zero attached hydrogens (tertiary/aromatic N) is 6. The number of anilines is 2. The first-order valence-corrected chi connectivity index (χ1v) is 12.8. The molecule has 1 amide bonds. The molecule has 36 heavy (non-hydrogen) atoms. The van der Waals surface area contributed by atoms with Crippen molar-refractivity contribution in [2.45, 2.75) is 44.8 Å². The molecule has 0 aliphatic carbocycles. The largest absolute Gasteiger partial charge is 0.370 e. The SMILES string of the molecule is Cn1cc2cc(NC(=O)c3cccc(-c4cnn(C5CCCCO5)c4)n3)c(N3CCCCC3)cc2n1. The summed E-state index contributed by atoms with van der Waals surface area (Å²) in [4.78, 5) is 20.4. The van der Waals surface area contributed by atoms with E-state index in [2.05, 4.69) is 31.5 Å². The second-order valence-electron chi connectivity index (χ2n) is 9.67. The molecule has 9 nitrogen and oxygen atoms in total. The maximum atomic E-state index is 13.4. The van der Waals surface area contributed by atoms with Crippen LogP contribution in [-0.4, -0.2) is 50.1 Å². The van der Waals surface area contributed by atoms with Crippen LogP contribution < -0.4 is 10.2 Å². The van der Waals surface area contributed by atoms with Gasteiger partial charge in [-0.1, -0.05) is 6.07 Å². The van der Waals surface area contributed by atoms with Gasteiger partial charge in [-0.3, -0.25) is 9.48 Å². The van der Waals surface area contributed by atoms with E-state index in [1.54, 1.807) is 16.9 Å². The summed E-state index contributed by atoms with van der Waals surface area (Å²) in [6, 6.07) is 9.61. The van der Waals surface area contributed by atoms with Gasteiger partial charge in [-0.15, -0.1) is 0 Å². The predicted molar refractivity (Wildman–Crippen MR) is 139 cm³/mol. The smallest absolute Gasteiger partial charge is 0.274 e. The Morgan fingerprint density at radius 2 is 1.97 bits per heavy atom. The van der Waals surface area contributed by atoms with Gasteiger partial charge < -0.3 is 15.0 Å². The number of carbonyl (C=O) groups is 1. The molecule has 1 aromatic carbocycles. The molecular weight excluding hydrogens is 454 g/mol. The van der Waals surface area contributed by atoms with Crippen LogP contribution in [0.2, 0.25) is 0 Å². The summed E-state index contributed by atoms with van der Waals surface area (Å²) in [6.45, 7) is 2.71. The number of hydrogen-bond donors (Lipinski definition) is 1. The summed E-state index contributed by atoms with van der Waals surface area (Å²) in [5, 5.41) is 13.2. The number of nitrogens with one attached hydrogen (secondary N) is 1. The number of carbonyl (C=O) groups excluding carboxylic acids is 1. The molecule has 1 atom stereocenters. The Bertz CT molecular complexity index is 1380. The Hall–Kier alpha value is -3.72. The van der Waals surface area contributed by atoms with E-state index in [1.807, 2.05) is 42.3 Å². The maximum absolute atomic E-state index is 13.4. The number of rotatable bonds is 5. The molecule has 9 heteroatoms. The fraction of sp³-hybridized carbons (Fsp3) is 0.407. The van der Waals surface area contributed by atoms with Crippen molar-refractivity contribution in [2.24, 2.45) is 7.05 Å². The first-order valence-electron chi connectivity index (χ1n) is 12.8. The van der Waals surface area contributed by atoms with E-state index in [-0.39, 0.29) is 12.1 Å². The number of aryl methyl sites for hydroxylation is 1. The zero-order chi connectivity index (χ0) is 24.5. The molecule has 2 saturated heterocycles. The lowest BCUT2D eigenvalue weighted by Crippen LogP contribution is -2.30. The van der Waals surface area contributed by atoms with Crippen LogP contribution in [0.3, 0.4) is 0 Å². The van der Waals surface area contributed by atoms with Crippen LogP contribution >= 0.6 is 0 Å². The van der Waals surface area contributed by atoms with Crippen molar-refractivity contribution in [1.82, 2.24) is 24.5 Å². The molecular formula is C27H31N7O2. The maximum Gasteiger partial charge on any atom is 0.274 e. The quantitative estimate of drug-likeness (QED) is 0.438. The van der Waals surface area contributed by atoms with Crippen molar-refractivity contribution in [3.8, 4) is 11.3 Å². The lowest BCUT2D eigenvalue weighted by atomic mass is 10.1. The van der Waals surface area contributed by atoms with Crippen molar-refractivity contribution in [1.29, 1.82) is 0 Å². The van der Waals surface area contributed by atoms with Gasteiger partial charge in [-0.05, 0) is 62.8 Å². The minimum Gasteiger partial charge on any atom is -0.370 e. The average molecular weight is 486 g/mol. The molecule has 1 unspecified atom stereocenters. The third kappa shape index (κ3) is 4.58. The second kappa shape index (κ2) is 9.73. The van der Waals surface area contributed by atoms with E-state index in [0.717, 1.165) is 79.6 Å². The summed E-state index contributed by atoms with van der Waals surface area (Å²) in [5.41, 5.74) is 4.67. The standard InChI is InChI=1S/C27H31N7O2/c1-32-17-19-14-24(25(15-23(19)31-32)33-11-4-2-5-12-33)30-27(35)22-9-7-8-21(29-22)20-16-28-34(18-20)26-10-3-6-13-36-26/h7-9,14-18,26H,2-6,10-13H2,1H3,(H,30,35). The summed E-state index contributed by atoms with van der Waals surface area (Å²) < 4.78 is 9.50. The van der Waals surface area contributed by atoms with Crippen LogP contribution in [0, 0.1) is 0 Å². The molecule has 0 bridgehead atoms. The third-order valence-electron chi connectivity index (χ3n) is 7.01. The number of pyridine rings is 1. The zero-order valence-corrected chi connectivity index (χ0v) is 20.6. The molecule has 3 aromatic heterocycles. The number of aromatic nitrogens is 5. The number of fused-ring (bicyclic) bond motifs is 1. The Kier molecular flexibility index (Phi) is 6.14. The first kappa shape index (κ1) is 22.7. The van der Waals surface area contributed by atoms with E-state index >= 15 is 0 Å². The normalized spacial score (nSPS) is 18.5. The molecule has 0 radical (unpaired) electrons. The van der Waals surface area contributed by atoms with Crippen LogP contribution in [-0.2, 0) is 11.8 Å². The highest BCUT2D eigenvalue weighted by Gasteiger charge is 2.20. The molecule has 2 aliphatic rings. The van der Waals surface area contributed by atoms with Gasteiger partial charge in [0.2, 0.25) is 0 Å². The number of ether oxygens (including phenoxy) is 1. The van der Waals surface area contributed by atoms with Crippen molar-refractivity contribution in [2.75, 3.05) is 29.9 Å². The van der Waals surface area contributed by atoms with Gasteiger partial charge in [-0.25, -0.2) is 9.67 Å². The lowest BCUT2D eigenvalue weighted by Gasteiger charge is -2.30. The van der Waals surface area contributed by atoms with Crippen LogP contribution in [0.15, 0.2) is 48.9 Å². The van der Waals surface area contributed by atoms with E-state index < -0.39 is 0 Å². The summed E-state index contributed by atoms with van der Waals surface area (Å²) in [7, 11) is 1.91. The average Bonchev–Trinajstić information content (AvgIpc) is 3.55. The van der Waals surface area contributed by atoms with Gasteiger partial charge in [0.15, 0.2) is 0 Å². The Morgan fingerprint density at radius 1 is 1.08 bits per heavy atom. The number of benzene rings is 1. The van der Waals surface area contributed by atoms with E-state index in [1.165, 1.54) is 6.42 Å². The lowest BCUT2D eigenvalue weighted by molar-refractivity contribution is -0.0394. The van der Waals surface area contributed by atoms with Gasteiger partial charge in [0.05, 0.1) is 28.8 Å². The Morgan fingerprint density at radius 3 is 2.81 bits per heavy atom. The van der Waals surface area contributed by atoms with Crippen LogP contribution in [0.1, 0.15) is 55.2 Å².